The minimum Gasteiger partial charge on any atom is -0.497 e. The monoisotopic (exact) mass is 384 g/mol. The Kier molecular flexibility index (Phi) is 8.34. The Morgan fingerprint density at radius 1 is 0.964 bits per heavy atom. The van der Waals surface area contributed by atoms with Crippen molar-refractivity contribution in [2.24, 2.45) is 0 Å². The third-order valence-corrected chi connectivity index (χ3v) is 4.10. The third kappa shape index (κ3) is 6.30. The van der Waals surface area contributed by atoms with Gasteiger partial charge in [0.1, 0.15) is 11.5 Å². The minimum atomic E-state index is -0.273. The van der Waals surface area contributed by atoms with E-state index in [9.17, 15) is 9.59 Å². The van der Waals surface area contributed by atoms with E-state index in [4.69, 9.17) is 9.47 Å². The van der Waals surface area contributed by atoms with Crippen LogP contribution in [0, 0.1) is 0 Å². The van der Waals surface area contributed by atoms with Gasteiger partial charge in [0.25, 0.3) is 11.8 Å². The Morgan fingerprint density at radius 3 is 2.25 bits per heavy atom. The molecule has 0 saturated carbocycles. The molecule has 0 spiro atoms. The van der Waals surface area contributed by atoms with Gasteiger partial charge in [0.05, 0.1) is 7.11 Å². The molecule has 2 amide bonds. The summed E-state index contributed by atoms with van der Waals surface area (Å²) in [6.07, 6.45) is 1.85. The van der Waals surface area contributed by atoms with Crippen molar-refractivity contribution in [3.05, 3.63) is 54.1 Å². The lowest BCUT2D eigenvalue weighted by Crippen LogP contribution is -2.32. The van der Waals surface area contributed by atoms with Crippen LogP contribution in [-0.4, -0.2) is 43.5 Å². The number of hydrogen-bond donors (Lipinski definition) is 1. The lowest BCUT2D eigenvalue weighted by atomic mass is 10.2. The van der Waals surface area contributed by atoms with Gasteiger partial charge < -0.3 is 19.7 Å². The first kappa shape index (κ1) is 21.3. The maximum absolute atomic E-state index is 12.6. The van der Waals surface area contributed by atoms with Gasteiger partial charge in [-0.1, -0.05) is 19.9 Å². The molecule has 0 heterocycles. The van der Waals surface area contributed by atoms with Crippen molar-refractivity contribution in [1.82, 2.24) is 4.90 Å². The van der Waals surface area contributed by atoms with Crippen molar-refractivity contribution in [2.45, 2.75) is 26.7 Å². The van der Waals surface area contributed by atoms with E-state index >= 15 is 0 Å². The average molecular weight is 384 g/mol. The summed E-state index contributed by atoms with van der Waals surface area (Å²) in [7, 11) is 1.57. The standard InChI is InChI=1S/C22H28N2O4/c1-4-13-24(14-5-2)22(26)17-9-11-19(12-10-17)28-16-21(25)23-18-7-6-8-20(15-18)27-3/h6-12,15H,4-5,13-14,16H2,1-3H3,(H,23,25). The number of methoxy groups -OCH3 is 1. The molecule has 2 aromatic carbocycles. The van der Waals surface area contributed by atoms with Crippen molar-refractivity contribution < 1.29 is 19.1 Å². The predicted molar refractivity (Wildman–Crippen MR) is 110 cm³/mol. The van der Waals surface area contributed by atoms with E-state index in [-0.39, 0.29) is 18.4 Å². The summed E-state index contributed by atoms with van der Waals surface area (Å²) in [5, 5.41) is 2.75. The number of benzene rings is 2. The predicted octanol–water partition coefficient (Wildman–Crippen LogP) is 3.97. The Morgan fingerprint density at radius 2 is 1.64 bits per heavy atom. The number of nitrogens with one attached hydrogen (secondary N) is 1. The highest BCUT2D eigenvalue weighted by atomic mass is 16.5. The molecule has 0 atom stereocenters. The van der Waals surface area contributed by atoms with Crippen LogP contribution in [0.2, 0.25) is 0 Å². The number of hydrogen-bond acceptors (Lipinski definition) is 4. The Labute approximate surface area is 166 Å². The zero-order valence-corrected chi connectivity index (χ0v) is 16.7. The van der Waals surface area contributed by atoms with E-state index in [1.807, 2.05) is 4.90 Å². The number of carbonyl (C=O) groups is 2. The fourth-order valence-electron chi connectivity index (χ4n) is 2.78. The second-order valence-electron chi connectivity index (χ2n) is 6.39. The van der Waals surface area contributed by atoms with Crippen LogP contribution in [0.5, 0.6) is 11.5 Å². The number of carbonyl (C=O) groups excluding carboxylic acids is 2. The van der Waals surface area contributed by atoms with Crippen LogP contribution in [0.1, 0.15) is 37.0 Å². The van der Waals surface area contributed by atoms with Gasteiger partial charge in [0.2, 0.25) is 0 Å². The Hall–Kier alpha value is -3.02. The molecule has 1 N–H and O–H groups in total. The topological polar surface area (TPSA) is 67.9 Å². The van der Waals surface area contributed by atoms with Crippen LogP contribution in [0.25, 0.3) is 0 Å². The van der Waals surface area contributed by atoms with E-state index in [0.717, 1.165) is 25.9 Å². The van der Waals surface area contributed by atoms with Gasteiger partial charge in [-0.15, -0.1) is 0 Å². The molecule has 0 radical (unpaired) electrons. The molecule has 6 heteroatoms. The van der Waals surface area contributed by atoms with Crippen molar-refractivity contribution in [1.29, 1.82) is 0 Å². The minimum absolute atomic E-state index is 0.0195. The van der Waals surface area contributed by atoms with Gasteiger partial charge in [-0.3, -0.25) is 9.59 Å². The molecule has 0 aliphatic heterocycles. The van der Waals surface area contributed by atoms with Crippen LogP contribution < -0.4 is 14.8 Å². The molecule has 0 unspecified atom stereocenters. The van der Waals surface area contributed by atoms with Gasteiger partial charge in [-0.05, 0) is 49.2 Å². The molecule has 2 rings (SSSR count). The summed E-state index contributed by atoms with van der Waals surface area (Å²) in [6, 6.07) is 14.0. The van der Waals surface area contributed by atoms with Gasteiger partial charge in [-0.2, -0.15) is 0 Å². The number of ether oxygens (including phenoxy) is 2. The zero-order chi connectivity index (χ0) is 20.4. The van der Waals surface area contributed by atoms with Crippen molar-refractivity contribution in [3.63, 3.8) is 0 Å². The highest BCUT2D eigenvalue weighted by Gasteiger charge is 2.14. The first-order chi connectivity index (χ1) is 13.6. The molecule has 0 fully saturated rings. The van der Waals surface area contributed by atoms with Crippen LogP contribution in [0.3, 0.4) is 0 Å². The molecule has 28 heavy (non-hydrogen) atoms. The summed E-state index contributed by atoms with van der Waals surface area (Å²) < 4.78 is 10.6. The van der Waals surface area contributed by atoms with Crippen LogP contribution >= 0.6 is 0 Å². The molecule has 2 aromatic rings. The van der Waals surface area contributed by atoms with Crippen molar-refractivity contribution >= 4 is 17.5 Å². The quantitative estimate of drug-likeness (QED) is 0.673. The summed E-state index contributed by atoms with van der Waals surface area (Å²) >= 11 is 0. The third-order valence-electron chi connectivity index (χ3n) is 4.10. The highest BCUT2D eigenvalue weighted by molar-refractivity contribution is 5.94. The molecular formula is C22H28N2O4. The summed E-state index contributed by atoms with van der Waals surface area (Å²) in [4.78, 5) is 26.5. The SMILES string of the molecule is CCCN(CCC)C(=O)c1ccc(OCC(=O)Nc2cccc(OC)c2)cc1. The first-order valence-corrected chi connectivity index (χ1v) is 9.53. The van der Waals surface area contributed by atoms with Gasteiger partial charge in [0, 0.05) is 30.4 Å². The van der Waals surface area contributed by atoms with Gasteiger partial charge in [-0.25, -0.2) is 0 Å². The molecule has 6 nitrogen and oxygen atoms in total. The second-order valence-corrected chi connectivity index (χ2v) is 6.39. The van der Waals surface area contributed by atoms with Crippen molar-refractivity contribution in [3.8, 4) is 11.5 Å². The summed E-state index contributed by atoms with van der Waals surface area (Å²) in [5.41, 5.74) is 1.26. The summed E-state index contributed by atoms with van der Waals surface area (Å²) in [6.45, 7) is 5.49. The fourth-order valence-corrected chi connectivity index (χ4v) is 2.78. The second kappa shape index (κ2) is 11.0. The van der Waals surface area contributed by atoms with Gasteiger partial charge in [0.15, 0.2) is 6.61 Å². The fraction of sp³-hybridized carbons (Fsp3) is 0.364. The van der Waals surface area contributed by atoms with E-state index in [1.54, 1.807) is 55.6 Å². The van der Waals surface area contributed by atoms with Crippen LogP contribution in [0.15, 0.2) is 48.5 Å². The lowest BCUT2D eigenvalue weighted by Gasteiger charge is -2.21. The van der Waals surface area contributed by atoms with Crippen molar-refractivity contribution in [2.75, 3.05) is 32.1 Å². The average Bonchev–Trinajstić information content (AvgIpc) is 2.72. The maximum atomic E-state index is 12.6. The normalized spacial score (nSPS) is 10.2. The van der Waals surface area contributed by atoms with Crippen LogP contribution in [-0.2, 0) is 4.79 Å². The Balaban J connectivity index is 1.89. The smallest absolute Gasteiger partial charge is 0.262 e. The molecule has 0 aliphatic carbocycles. The number of amides is 2. The lowest BCUT2D eigenvalue weighted by molar-refractivity contribution is -0.118. The maximum Gasteiger partial charge on any atom is 0.262 e. The molecule has 0 aliphatic rings. The number of anilines is 1. The molecule has 0 saturated heterocycles. The summed E-state index contributed by atoms with van der Waals surface area (Å²) in [5.74, 6) is 0.950. The largest absolute Gasteiger partial charge is 0.497 e. The molecule has 0 aromatic heterocycles. The van der Waals surface area contributed by atoms with Gasteiger partial charge >= 0.3 is 0 Å². The highest BCUT2D eigenvalue weighted by Crippen LogP contribution is 2.17. The van der Waals surface area contributed by atoms with E-state index in [2.05, 4.69) is 19.2 Å². The molecule has 150 valence electrons. The number of rotatable bonds is 10. The first-order valence-electron chi connectivity index (χ1n) is 9.53. The van der Waals surface area contributed by atoms with Crippen LogP contribution in [0.4, 0.5) is 5.69 Å². The molecule has 0 bridgehead atoms. The van der Waals surface area contributed by atoms with E-state index < -0.39 is 0 Å². The number of nitrogens with zero attached hydrogens (tertiary/aromatic N) is 1. The van der Waals surface area contributed by atoms with E-state index in [0.29, 0.717) is 22.7 Å². The zero-order valence-electron chi connectivity index (χ0n) is 16.7. The molecular weight excluding hydrogens is 356 g/mol. The van der Waals surface area contributed by atoms with E-state index in [1.165, 1.54) is 0 Å². The Bertz CT molecular complexity index is 768.